The highest BCUT2D eigenvalue weighted by atomic mass is 32.2. The molecule has 0 spiro atoms. The van der Waals surface area contributed by atoms with Crippen molar-refractivity contribution in [2.45, 2.75) is 12.6 Å². The van der Waals surface area contributed by atoms with Crippen molar-refractivity contribution in [1.82, 2.24) is 19.1 Å². The van der Waals surface area contributed by atoms with Gasteiger partial charge in [-0.3, -0.25) is 18.7 Å². The number of rotatable bonds is 13. The van der Waals surface area contributed by atoms with Gasteiger partial charge in [0, 0.05) is 0 Å². The summed E-state index contributed by atoms with van der Waals surface area (Å²) >= 11 is 1.31. The zero-order valence-corrected chi connectivity index (χ0v) is 28.2. The van der Waals surface area contributed by atoms with Gasteiger partial charge in [-0.1, -0.05) is 55.6 Å². The molecule has 0 fully saturated rings. The van der Waals surface area contributed by atoms with Gasteiger partial charge in [0.1, 0.15) is 55.9 Å². The molecule has 0 saturated heterocycles. The third-order valence-electron chi connectivity index (χ3n) is 6.71. The second-order valence-electron chi connectivity index (χ2n) is 10.2. The number of nitrogens with zero attached hydrogens (tertiary/aromatic N) is 4. The fourth-order valence-electron chi connectivity index (χ4n) is 4.38. The van der Waals surface area contributed by atoms with E-state index in [0.29, 0.717) is 29.7 Å². The van der Waals surface area contributed by atoms with Crippen LogP contribution in [-0.4, -0.2) is 57.3 Å². The number of aromatic nitrogens is 4. The number of thioether (sulfide) groups is 1. The van der Waals surface area contributed by atoms with Crippen molar-refractivity contribution in [3.8, 4) is 34.6 Å². The molecule has 0 aliphatic heterocycles. The van der Waals surface area contributed by atoms with Gasteiger partial charge in [-0.25, -0.2) is 13.8 Å². The van der Waals surface area contributed by atoms with Gasteiger partial charge in [-0.05, 0) is 79.1 Å². The monoisotopic (exact) mass is 732 g/mol. The minimum atomic E-state index is -0.363. The Labute approximate surface area is 303 Å². The molecule has 52 heavy (non-hydrogen) atoms. The molecule has 2 N–H and O–H groups in total. The largest absolute Gasteiger partial charge is 0.490 e. The summed E-state index contributed by atoms with van der Waals surface area (Å²) in [6.45, 7) is 1.20. The predicted octanol–water partition coefficient (Wildman–Crippen LogP) is 6.19. The van der Waals surface area contributed by atoms with E-state index < -0.39 is 0 Å². The van der Waals surface area contributed by atoms with E-state index in [2.05, 4.69) is 9.97 Å². The Morgan fingerprint density at radius 3 is 1.58 bits per heavy atom. The second-order valence-corrected chi connectivity index (χ2v) is 10.9. The van der Waals surface area contributed by atoms with Gasteiger partial charge >= 0.3 is 0 Å². The van der Waals surface area contributed by atoms with Crippen molar-refractivity contribution in [3.63, 3.8) is 0 Å². The molecule has 2 heterocycles. The van der Waals surface area contributed by atoms with Crippen molar-refractivity contribution >= 4 is 11.8 Å². The third kappa shape index (κ3) is 11.8. The highest BCUT2D eigenvalue weighted by molar-refractivity contribution is 7.98. The summed E-state index contributed by atoms with van der Waals surface area (Å²) in [5.41, 5.74) is 0.477. The molecule has 0 amide bonds. The molecular formula is C38H38F2N4O7S. The van der Waals surface area contributed by atoms with Gasteiger partial charge < -0.3 is 24.4 Å². The van der Waals surface area contributed by atoms with Crippen molar-refractivity contribution in [1.29, 1.82) is 0 Å². The summed E-state index contributed by atoms with van der Waals surface area (Å²) in [5, 5.41) is 0.461. The summed E-state index contributed by atoms with van der Waals surface area (Å²) < 4.78 is 50.7. The molecule has 14 heteroatoms. The fraction of sp³-hybridized carbons (Fsp3) is 0.158. The van der Waals surface area contributed by atoms with E-state index in [-0.39, 0.29) is 60.6 Å². The Morgan fingerprint density at radius 1 is 0.615 bits per heavy atom. The normalized spacial score (nSPS) is 10.1. The van der Waals surface area contributed by atoms with Crippen molar-refractivity contribution in [2.75, 3.05) is 32.7 Å². The number of hydrogen-bond donors (Lipinski definition) is 0. The van der Waals surface area contributed by atoms with Gasteiger partial charge in [0.25, 0.3) is 11.1 Å². The number of halogens is 2. The first-order chi connectivity index (χ1) is 24.4. The third-order valence-corrected chi connectivity index (χ3v) is 7.35. The van der Waals surface area contributed by atoms with Crippen LogP contribution in [0.4, 0.5) is 8.78 Å². The lowest BCUT2D eigenvalue weighted by Crippen LogP contribution is -2.21. The molecule has 0 aliphatic carbocycles. The van der Waals surface area contributed by atoms with Crippen LogP contribution < -0.4 is 30.1 Å². The summed E-state index contributed by atoms with van der Waals surface area (Å²) in [5.74, 6) is 1.22. The van der Waals surface area contributed by atoms with Crippen LogP contribution in [0.1, 0.15) is 7.43 Å². The van der Waals surface area contributed by atoms with Crippen LogP contribution in [0.2, 0.25) is 0 Å². The maximum absolute atomic E-state index is 13.1. The first-order valence-electron chi connectivity index (χ1n) is 15.3. The van der Waals surface area contributed by atoms with E-state index in [0.717, 1.165) is 11.5 Å². The summed E-state index contributed by atoms with van der Waals surface area (Å²) in [6.07, 6.45) is 3.16. The zero-order valence-electron chi connectivity index (χ0n) is 27.4. The van der Waals surface area contributed by atoms with Crippen LogP contribution in [-0.2, 0) is 0 Å². The van der Waals surface area contributed by atoms with Crippen molar-refractivity contribution < 1.29 is 33.2 Å². The van der Waals surface area contributed by atoms with E-state index in [1.807, 2.05) is 66.9 Å². The Hall–Kier alpha value is -5.99. The van der Waals surface area contributed by atoms with Crippen LogP contribution in [0.25, 0.3) is 11.4 Å². The fourth-order valence-corrected chi connectivity index (χ4v) is 4.94. The maximum atomic E-state index is 13.1. The smallest absolute Gasteiger partial charge is 0.262 e. The summed E-state index contributed by atoms with van der Waals surface area (Å²) in [4.78, 5) is 33.0. The molecule has 0 radical (unpaired) electrons. The number of hydrogen-bond acceptors (Lipinski definition) is 9. The number of para-hydroxylation sites is 2. The quantitative estimate of drug-likeness (QED) is 0.0773. The molecule has 0 bridgehead atoms. The highest BCUT2D eigenvalue weighted by Crippen LogP contribution is 2.19. The predicted molar refractivity (Wildman–Crippen MR) is 197 cm³/mol. The minimum Gasteiger partial charge on any atom is -0.490 e. The molecule has 0 saturated carbocycles. The molecule has 0 atom stereocenters. The molecule has 0 unspecified atom stereocenters. The Morgan fingerprint density at radius 2 is 1.08 bits per heavy atom. The van der Waals surface area contributed by atoms with Gasteiger partial charge in [0.2, 0.25) is 11.8 Å². The van der Waals surface area contributed by atoms with E-state index in [1.165, 1.54) is 87.9 Å². The Kier molecular flexibility index (Phi) is 16.0. The lowest BCUT2D eigenvalue weighted by molar-refractivity contribution is 0.210. The molecule has 4 aromatic carbocycles. The minimum absolute atomic E-state index is 0. The van der Waals surface area contributed by atoms with Crippen LogP contribution in [0.15, 0.2) is 142 Å². The Bertz CT molecular complexity index is 2070. The van der Waals surface area contributed by atoms with Gasteiger partial charge in [0.15, 0.2) is 5.16 Å². The first-order valence-corrected chi connectivity index (χ1v) is 16.5. The summed E-state index contributed by atoms with van der Waals surface area (Å²) in [7, 11) is 0. The molecule has 0 aliphatic rings. The number of benzene rings is 4. The molecular weight excluding hydrogens is 695 g/mol. The topological polar surface area (TPSA) is 138 Å². The van der Waals surface area contributed by atoms with Gasteiger partial charge in [-0.2, -0.15) is 4.98 Å². The van der Waals surface area contributed by atoms with E-state index in [4.69, 9.17) is 18.9 Å². The molecule has 272 valence electrons. The average Bonchev–Trinajstić information content (AvgIpc) is 3.14. The first kappa shape index (κ1) is 40.4. The molecule has 6 aromatic rings. The maximum Gasteiger partial charge on any atom is 0.262 e. The SMILES string of the molecule is C.CSc1nc(OCCOc2ccccc2)cc(=O)n1-c1ccc(F)cc1.O.O=c1cc(OCCOc2ccccc2)ncn1-c1ccc(F)cc1. The highest BCUT2D eigenvalue weighted by Gasteiger charge is 2.11. The van der Waals surface area contributed by atoms with Crippen LogP contribution in [0, 0.1) is 11.6 Å². The molecule has 6 rings (SSSR count). The molecule has 11 nitrogen and oxygen atoms in total. The number of ether oxygens (including phenoxy) is 4. The second kappa shape index (κ2) is 20.6. The lowest BCUT2D eigenvalue weighted by Gasteiger charge is -2.12. The van der Waals surface area contributed by atoms with Crippen molar-refractivity contribution in [2.24, 2.45) is 0 Å². The lowest BCUT2D eigenvalue weighted by atomic mass is 10.3. The van der Waals surface area contributed by atoms with Crippen LogP contribution in [0.5, 0.6) is 23.3 Å². The van der Waals surface area contributed by atoms with Gasteiger partial charge in [-0.15, -0.1) is 0 Å². The average molecular weight is 733 g/mol. The van der Waals surface area contributed by atoms with E-state index >= 15 is 0 Å². The molecule has 2 aromatic heterocycles. The van der Waals surface area contributed by atoms with E-state index in [9.17, 15) is 18.4 Å². The van der Waals surface area contributed by atoms with E-state index in [1.54, 1.807) is 0 Å². The van der Waals surface area contributed by atoms with Crippen molar-refractivity contribution in [3.05, 3.63) is 160 Å². The Balaban J connectivity index is 0.000000271. The standard InChI is InChI=1S/C19H17FN2O3S.C18H15FN2O3.CH4.H2O/c1-26-19-21-17(25-12-11-24-16-5-3-2-4-6-16)13-18(23)22(19)15-9-7-14(20)8-10-15;19-14-6-8-15(9-7-14)21-13-20-17(12-18(21)22)24-11-10-23-16-4-2-1-3-5-16;;/h2-10,13H,11-12H2,1H3;1-9,12-13H,10-11H2;1H4;1H2. The van der Waals surface area contributed by atoms with Gasteiger partial charge in [0.05, 0.1) is 23.5 Å². The van der Waals surface area contributed by atoms with Crippen LogP contribution >= 0.6 is 11.8 Å². The summed E-state index contributed by atoms with van der Waals surface area (Å²) in [6, 6.07) is 32.6. The zero-order chi connectivity index (χ0) is 35.1. The van der Waals surface area contributed by atoms with Crippen LogP contribution in [0.3, 0.4) is 0 Å².